The highest BCUT2D eigenvalue weighted by Crippen LogP contribution is 2.29. The van der Waals surface area contributed by atoms with Crippen molar-refractivity contribution in [1.29, 1.82) is 0 Å². The lowest BCUT2D eigenvalue weighted by atomic mass is 9.86. The van der Waals surface area contributed by atoms with Gasteiger partial charge in [-0.05, 0) is 55.4 Å². The highest BCUT2D eigenvalue weighted by atomic mass is 16.5. The average Bonchev–Trinajstić information content (AvgIpc) is 3.50. The second-order valence-electron chi connectivity index (χ2n) is 11.3. The maximum atomic E-state index is 13.2. The van der Waals surface area contributed by atoms with Gasteiger partial charge in [0.25, 0.3) is 0 Å². The minimum absolute atomic E-state index is 0.0749. The van der Waals surface area contributed by atoms with Crippen molar-refractivity contribution < 1.29 is 19.7 Å². The number of hydrogen-bond acceptors (Lipinski definition) is 5. The van der Waals surface area contributed by atoms with Crippen LogP contribution in [0.5, 0.6) is 11.5 Å². The van der Waals surface area contributed by atoms with Crippen LogP contribution in [-0.2, 0) is 17.9 Å². The predicted octanol–water partition coefficient (Wildman–Crippen LogP) is 6.19. The van der Waals surface area contributed by atoms with E-state index in [1.165, 1.54) is 0 Å². The third kappa shape index (κ3) is 9.10. The molecule has 0 fully saturated rings. The number of Topliss-reactive ketones (excluding diaryl/α,β-unsaturated/α-hetero) is 1. The molecule has 1 aromatic carbocycles. The molecule has 0 saturated carbocycles. The molecule has 2 unspecified atom stereocenters. The van der Waals surface area contributed by atoms with E-state index in [0.717, 1.165) is 73.2 Å². The summed E-state index contributed by atoms with van der Waals surface area (Å²) in [4.78, 5) is 17.6. The third-order valence-corrected chi connectivity index (χ3v) is 7.52. The number of carbonyl (C=O) groups excluding carboxylic acids is 1. The fourth-order valence-electron chi connectivity index (χ4n) is 5.13. The molecule has 2 aromatic rings. The van der Waals surface area contributed by atoms with E-state index in [2.05, 4.69) is 38.8 Å². The van der Waals surface area contributed by atoms with Crippen LogP contribution in [0.15, 0.2) is 29.4 Å². The Balaban J connectivity index is 1.65. The first-order chi connectivity index (χ1) is 18.8. The third-order valence-electron chi connectivity index (χ3n) is 7.52. The molecule has 1 aliphatic heterocycles. The van der Waals surface area contributed by atoms with Crippen LogP contribution in [0, 0.1) is 11.8 Å². The molecule has 2 N–H and O–H groups in total. The van der Waals surface area contributed by atoms with E-state index in [0.29, 0.717) is 30.9 Å². The zero-order chi connectivity index (χ0) is 28.2. The molecule has 39 heavy (non-hydrogen) atoms. The number of phenolic OH excluding ortho intramolecular Hbond substituents is 1. The lowest BCUT2D eigenvalue weighted by Crippen LogP contribution is -2.30. The summed E-state index contributed by atoms with van der Waals surface area (Å²) in [5, 5.41) is 23.4. The Kier molecular flexibility index (Phi) is 12.3. The zero-order valence-corrected chi connectivity index (χ0v) is 24.4. The van der Waals surface area contributed by atoms with Crippen molar-refractivity contribution in [2.75, 3.05) is 0 Å². The van der Waals surface area contributed by atoms with E-state index in [1.807, 2.05) is 35.2 Å². The van der Waals surface area contributed by atoms with Crippen LogP contribution in [0.4, 0.5) is 5.69 Å². The monoisotopic (exact) mass is 536 g/mol. The molecule has 0 saturated heterocycles. The van der Waals surface area contributed by atoms with Gasteiger partial charge in [0.15, 0.2) is 18.2 Å². The van der Waals surface area contributed by atoms with Crippen molar-refractivity contribution in [2.45, 2.75) is 111 Å². The van der Waals surface area contributed by atoms with E-state index in [4.69, 9.17) is 4.74 Å². The number of aliphatic imine (C=N–C) groups is 1. The van der Waals surface area contributed by atoms with Crippen LogP contribution in [0.1, 0.15) is 97.5 Å². The number of phenols is 1. The number of unbranched alkanes of at least 4 members (excludes halogenated alkanes) is 4. The number of aromatic hydroxyl groups is 1. The van der Waals surface area contributed by atoms with Gasteiger partial charge in [0.1, 0.15) is 5.78 Å². The summed E-state index contributed by atoms with van der Waals surface area (Å²) >= 11 is 0. The van der Waals surface area contributed by atoms with Crippen LogP contribution < -0.4 is 15.3 Å². The van der Waals surface area contributed by atoms with Gasteiger partial charge in [0.2, 0.25) is 0 Å². The smallest absolute Gasteiger partial charge is 0.165 e. The van der Waals surface area contributed by atoms with Crippen molar-refractivity contribution in [3.05, 3.63) is 40.5 Å². The number of ketones is 1. The molecule has 1 aromatic heterocycles. The molecule has 0 bridgehead atoms. The van der Waals surface area contributed by atoms with Gasteiger partial charge in [-0.15, -0.1) is 0 Å². The number of aliphatic hydroxyl groups is 1. The van der Waals surface area contributed by atoms with E-state index in [-0.39, 0.29) is 24.2 Å². The summed E-state index contributed by atoms with van der Waals surface area (Å²) in [6, 6.07) is 5.30. The molecule has 0 aliphatic carbocycles. The number of hydrogen-bond donors (Lipinski definition) is 2. The van der Waals surface area contributed by atoms with Gasteiger partial charge >= 0.3 is 0 Å². The first-order valence-electron chi connectivity index (χ1n) is 14.9. The number of aromatic nitrogens is 1. The lowest BCUT2D eigenvalue weighted by Gasteiger charge is -2.22. The number of carbonyl (C=O) groups is 1. The molecule has 3 rings (SSSR count). The summed E-state index contributed by atoms with van der Waals surface area (Å²) < 4.78 is 8.09. The van der Waals surface area contributed by atoms with Gasteiger partial charge < -0.3 is 19.5 Å². The average molecular weight is 537 g/mol. The quantitative estimate of drug-likeness (QED) is 0.222. The highest BCUT2D eigenvalue weighted by Gasteiger charge is 2.25. The van der Waals surface area contributed by atoms with Crippen LogP contribution in [0.25, 0.3) is 12.2 Å². The Bertz CT molecular complexity index is 1210. The standard InChI is InChI=1S/C33H48N2O4/c1-5-7-9-11-27(30(36)12-10-8-6-2)31(37)17-14-25-15-18-32(38)33(21-25)39-23-35-22-28-26(19-20-34-28)29(35)16-13-24(3)4/h15-16,18-22,24,27,30,36,38H,5-14,17,23H2,1-4H3. The van der Waals surface area contributed by atoms with Crippen molar-refractivity contribution >= 4 is 29.8 Å². The Labute approximate surface area is 234 Å². The Hall–Kier alpha value is -2.86. The summed E-state index contributed by atoms with van der Waals surface area (Å²) in [5.74, 6) is 0.854. The highest BCUT2D eigenvalue weighted by molar-refractivity contribution is 5.96. The maximum Gasteiger partial charge on any atom is 0.165 e. The minimum Gasteiger partial charge on any atom is -0.504 e. The molecular formula is C33H48N2O4. The normalized spacial score (nSPS) is 14.5. The van der Waals surface area contributed by atoms with E-state index >= 15 is 0 Å². The van der Waals surface area contributed by atoms with Crippen LogP contribution in [-0.4, -0.2) is 32.9 Å². The Morgan fingerprint density at radius 1 is 1.10 bits per heavy atom. The largest absolute Gasteiger partial charge is 0.504 e. The van der Waals surface area contributed by atoms with E-state index < -0.39 is 6.10 Å². The molecule has 214 valence electrons. The second-order valence-corrected chi connectivity index (χ2v) is 11.3. The number of aliphatic hydroxyl groups excluding tert-OH is 1. The van der Waals surface area contributed by atoms with Gasteiger partial charge in [0.05, 0.1) is 11.8 Å². The summed E-state index contributed by atoms with van der Waals surface area (Å²) in [6.07, 6.45) is 17.1. The predicted molar refractivity (Wildman–Crippen MR) is 160 cm³/mol. The zero-order valence-electron chi connectivity index (χ0n) is 24.4. The summed E-state index contributed by atoms with van der Waals surface area (Å²) in [6.45, 7) is 8.93. The van der Waals surface area contributed by atoms with Crippen molar-refractivity contribution in [2.24, 2.45) is 16.8 Å². The van der Waals surface area contributed by atoms with Gasteiger partial charge in [-0.25, -0.2) is 0 Å². The van der Waals surface area contributed by atoms with Gasteiger partial charge in [-0.2, -0.15) is 0 Å². The number of benzene rings is 1. The fraction of sp³-hybridized carbons (Fsp3) is 0.576. The molecule has 0 radical (unpaired) electrons. The van der Waals surface area contributed by atoms with E-state index in [1.54, 1.807) is 6.07 Å². The SMILES string of the molecule is CCCCCC(O)C(CCCCC)C(=O)CCc1ccc(O)c(OCn2cc3c(c2=CCC(C)C)=CC=N3)c1. The molecular weight excluding hydrogens is 488 g/mol. The molecule has 0 amide bonds. The van der Waals surface area contributed by atoms with Gasteiger partial charge in [0, 0.05) is 35.3 Å². The summed E-state index contributed by atoms with van der Waals surface area (Å²) in [5.41, 5.74) is 1.86. The molecule has 6 heteroatoms. The van der Waals surface area contributed by atoms with Gasteiger partial charge in [-0.3, -0.25) is 9.79 Å². The fourth-order valence-corrected chi connectivity index (χ4v) is 5.13. The second kappa shape index (κ2) is 15.7. The number of ether oxygens (including phenoxy) is 1. The number of fused-ring (bicyclic) bond motifs is 1. The van der Waals surface area contributed by atoms with Crippen molar-refractivity contribution in [3.63, 3.8) is 0 Å². The first-order valence-corrected chi connectivity index (χ1v) is 14.9. The summed E-state index contributed by atoms with van der Waals surface area (Å²) in [7, 11) is 0. The molecule has 0 spiro atoms. The van der Waals surface area contributed by atoms with Crippen molar-refractivity contribution in [1.82, 2.24) is 4.57 Å². The van der Waals surface area contributed by atoms with E-state index in [9.17, 15) is 15.0 Å². The Morgan fingerprint density at radius 3 is 2.56 bits per heavy atom. The first kappa shape index (κ1) is 30.7. The van der Waals surface area contributed by atoms with Gasteiger partial charge in [-0.1, -0.05) is 78.4 Å². The maximum absolute atomic E-state index is 13.2. The molecule has 2 heterocycles. The number of nitrogens with zero attached hydrogens (tertiary/aromatic N) is 2. The minimum atomic E-state index is -0.564. The van der Waals surface area contributed by atoms with Crippen LogP contribution >= 0.6 is 0 Å². The topological polar surface area (TPSA) is 84.0 Å². The Morgan fingerprint density at radius 2 is 1.85 bits per heavy atom. The molecule has 2 atom stereocenters. The molecule has 1 aliphatic rings. The van der Waals surface area contributed by atoms with Crippen molar-refractivity contribution in [3.8, 4) is 11.5 Å². The van der Waals surface area contributed by atoms with Crippen LogP contribution in [0.2, 0.25) is 0 Å². The van der Waals surface area contributed by atoms with Crippen LogP contribution in [0.3, 0.4) is 0 Å². The molecule has 6 nitrogen and oxygen atoms in total. The number of aryl methyl sites for hydroxylation is 1. The number of rotatable bonds is 18. The lowest BCUT2D eigenvalue weighted by molar-refractivity contribution is -0.126.